The van der Waals surface area contributed by atoms with Crippen molar-refractivity contribution in [3.8, 4) is 0 Å². The number of para-hydroxylation sites is 1. The highest BCUT2D eigenvalue weighted by molar-refractivity contribution is 5.81. The molecular weight excluding hydrogens is 256 g/mol. The van der Waals surface area contributed by atoms with Gasteiger partial charge in [0.15, 0.2) is 0 Å². The van der Waals surface area contributed by atoms with Gasteiger partial charge < -0.3 is 5.73 Å². The number of hydrogen-bond acceptors (Lipinski definition) is 2. The normalized spacial score (nSPS) is 12.7. The first-order valence-electron chi connectivity index (χ1n) is 8.39. The number of hydrogen-bond donors (Lipinski definition) is 1. The van der Waals surface area contributed by atoms with Gasteiger partial charge in [0.2, 0.25) is 0 Å². The Labute approximate surface area is 128 Å². The van der Waals surface area contributed by atoms with Crippen LogP contribution in [0.15, 0.2) is 36.5 Å². The van der Waals surface area contributed by atoms with Crippen LogP contribution in [0.4, 0.5) is 0 Å². The van der Waals surface area contributed by atoms with Crippen molar-refractivity contribution in [1.82, 2.24) is 4.98 Å². The molecule has 2 N–H and O–H groups in total. The van der Waals surface area contributed by atoms with E-state index in [0.29, 0.717) is 0 Å². The molecular formula is C19H28N2. The fraction of sp³-hybridized carbons (Fsp3) is 0.526. The summed E-state index contributed by atoms with van der Waals surface area (Å²) in [7, 11) is 0. The zero-order valence-corrected chi connectivity index (χ0v) is 13.2. The summed E-state index contributed by atoms with van der Waals surface area (Å²) in [5.74, 6) is 0. The van der Waals surface area contributed by atoms with Gasteiger partial charge in [-0.2, -0.15) is 0 Å². The minimum absolute atomic E-state index is 0.266. The van der Waals surface area contributed by atoms with Gasteiger partial charge in [-0.1, -0.05) is 63.6 Å². The lowest BCUT2D eigenvalue weighted by Gasteiger charge is -2.13. The van der Waals surface area contributed by atoms with Gasteiger partial charge >= 0.3 is 0 Å². The van der Waals surface area contributed by atoms with Crippen LogP contribution in [0.2, 0.25) is 0 Å². The molecule has 21 heavy (non-hydrogen) atoms. The van der Waals surface area contributed by atoms with Crippen molar-refractivity contribution in [2.75, 3.05) is 0 Å². The maximum absolute atomic E-state index is 6.32. The molecule has 0 aliphatic rings. The minimum Gasteiger partial charge on any atom is -0.327 e. The van der Waals surface area contributed by atoms with E-state index in [-0.39, 0.29) is 6.04 Å². The molecule has 2 heteroatoms. The molecule has 1 aromatic carbocycles. The SMILES string of the molecule is CCCCCCCCC(N)Cc1ccnc2ccccc12. The third kappa shape index (κ3) is 5.13. The Kier molecular flexibility index (Phi) is 6.68. The number of aromatic nitrogens is 1. The fourth-order valence-corrected chi connectivity index (χ4v) is 2.90. The zero-order valence-electron chi connectivity index (χ0n) is 13.2. The van der Waals surface area contributed by atoms with Crippen LogP contribution < -0.4 is 5.73 Å². The Bertz CT molecular complexity index is 531. The van der Waals surface area contributed by atoms with Gasteiger partial charge in [0.1, 0.15) is 0 Å². The molecule has 2 aromatic rings. The monoisotopic (exact) mass is 284 g/mol. The van der Waals surface area contributed by atoms with E-state index >= 15 is 0 Å². The van der Waals surface area contributed by atoms with Gasteiger partial charge in [-0.15, -0.1) is 0 Å². The lowest BCUT2D eigenvalue weighted by atomic mass is 9.98. The average molecular weight is 284 g/mol. The molecule has 2 nitrogen and oxygen atoms in total. The molecule has 0 aliphatic heterocycles. The highest BCUT2D eigenvalue weighted by Crippen LogP contribution is 2.18. The smallest absolute Gasteiger partial charge is 0.0704 e. The van der Waals surface area contributed by atoms with E-state index in [2.05, 4.69) is 36.2 Å². The maximum atomic E-state index is 6.32. The number of unbranched alkanes of at least 4 members (excludes halogenated alkanes) is 5. The fourth-order valence-electron chi connectivity index (χ4n) is 2.90. The van der Waals surface area contributed by atoms with Crippen LogP contribution in [-0.4, -0.2) is 11.0 Å². The summed E-state index contributed by atoms with van der Waals surface area (Å²) < 4.78 is 0. The number of rotatable bonds is 9. The standard InChI is InChI=1S/C19H28N2/c1-2-3-4-5-6-7-10-17(20)15-16-13-14-21-19-12-9-8-11-18(16)19/h8-9,11-14,17H,2-7,10,15,20H2,1H3. The van der Waals surface area contributed by atoms with E-state index in [1.807, 2.05) is 12.3 Å². The Morgan fingerprint density at radius 1 is 1.00 bits per heavy atom. The van der Waals surface area contributed by atoms with E-state index < -0.39 is 0 Å². The molecule has 1 unspecified atom stereocenters. The molecule has 0 saturated heterocycles. The van der Waals surface area contributed by atoms with Gasteiger partial charge in [0.05, 0.1) is 5.52 Å². The van der Waals surface area contributed by atoms with Crippen LogP contribution in [-0.2, 0) is 6.42 Å². The Morgan fingerprint density at radius 2 is 1.76 bits per heavy atom. The first kappa shape index (κ1) is 16.0. The molecule has 1 heterocycles. The summed E-state index contributed by atoms with van der Waals surface area (Å²) in [5, 5.41) is 1.25. The number of benzene rings is 1. The summed E-state index contributed by atoms with van der Waals surface area (Å²) >= 11 is 0. The molecule has 0 bridgehead atoms. The number of pyridine rings is 1. The number of nitrogens with two attached hydrogens (primary N) is 1. The summed E-state index contributed by atoms with van der Waals surface area (Å²) in [4.78, 5) is 4.41. The summed E-state index contributed by atoms with van der Waals surface area (Å²) in [5.41, 5.74) is 8.72. The summed E-state index contributed by atoms with van der Waals surface area (Å²) in [6, 6.07) is 10.7. The third-order valence-electron chi connectivity index (χ3n) is 4.15. The van der Waals surface area contributed by atoms with Gasteiger partial charge in [0, 0.05) is 17.6 Å². The predicted molar refractivity (Wildman–Crippen MR) is 91.4 cm³/mol. The van der Waals surface area contributed by atoms with E-state index in [9.17, 15) is 0 Å². The Morgan fingerprint density at radius 3 is 2.62 bits per heavy atom. The highest BCUT2D eigenvalue weighted by Gasteiger charge is 2.07. The summed E-state index contributed by atoms with van der Waals surface area (Å²) in [6.07, 6.45) is 12.0. The second kappa shape index (κ2) is 8.78. The third-order valence-corrected chi connectivity index (χ3v) is 4.15. The van der Waals surface area contributed by atoms with Crippen LogP contribution in [0.5, 0.6) is 0 Å². The molecule has 2 rings (SSSR count). The molecule has 0 amide bonds. The van der Waals surface area contributed by atoms with Gasteiger partial charge in [0.25, 0.3) is 0 Å². The van der Waals surface area contributed by atoms with Gasteiger partial charge in [-0.05, 0) is 30.5 Å². The van der Waals surface area contributed by atoms with E-state index in [4.69, 9.17) is 5.73 Å². The zero-order chi connectivity index (χ0) is 14.9. The molecule has 0 saturated carbocycles. The molecule has 1 atom stereocenters. The first-order valence-corrected chi connectivity index (χ1v) is 8.39. The van der Waals surface area contributed by atoms with E-state index in [0.717, 1.165) is 18.4 Å². The van der Waals surface area contributed by atoms with Crippen molar-refractivity contribution in [2.45, 2.75) is 64.3 Å². The largest absolute Gasteiger partial charge is 0.327 e. The molecule has 0 aliphatic carbocycles. The van der Waals surface area contributed by atoms with Crippen LogP contribution in [0.25, 0.3) is 10.9 Å². The lowest BCUT2D eigenvalue weighted by Crippen LogP contribution is -2.22. The summed E-state index contributed by atoms with van der Waals surface area (Å²) in [6.45, 7) is 2.26. The van der Waals surface area contributed by atoms with E-state index in [1.54, 1.807) is 0 Å². The van der Waals surface area contributed by atoms with Gasteiger partial charge in [-0.3, -0.25) is 4.98 Å². The predicted octanol–water partition coefficient (Wildman–Crippen LogP) is 4.86. The van der Waals surface area contributed by atoms with Crippen molar-refractivity contribution >= 4 is 10.9 Å². The number of fused-ring (bicyclic) bond motifs is 1. The minimum atomic E-state index is 0.266. The second-order valence-electron chi connectivity index (χ2n) is 6.01. The van der Waals surface area contributed by atoms with Crippen molar-refractivity contribution < 1.29 is 0 Å². The highest BCUT2D eigenvalue weighted by atomic mass is 14.7. The van der Waals surface area contributed by atoms with Crippen molar-refractivity contribution in [1.29, 1.82) is 0 Å². The number of nitrogens with zero attached hydrogens (tertiary/aromatic N) is 1. The van der Waals surface area contributed by atoms with Gasteiger partial charge in [-0.25, -0.2) is 0 Å². The van der Waals surface area contributed by atoms with Crippen molar-refractivity contribution in [3.63, 3.8) is 0 Å². The Hall–Kier alpha value is -1.41. The van der Waals surface area contributed by atoms with Crippen LogP contribution >= 0.6 is 0 Å². The molecule has 0 radical (unpaired) electrons. The van der Waals surface area contributed by atoms with Crippen LogP contribution in [0, 0.1) is 0 Å². The maximum Gasteiger partial charge on any atom is 0.0704 e. The average Bonchev–Trinajstić information content (AvgIpc) is 2.51. The molecule has 1 aromatic heterocycles. The quantitative estimate of drug-likeness (QED) is 0.668. The lowest BCUT2D eigenvalue weighted by molar-refractivity contribution is 0.533. The Balaban J connectivity index is 1.80. The second-order valence-corrected chi connectivity index (χ2v) is 6.01. The van der Waals surface area contributed by atoms with Crippen LogP contribution in [0.3, 0.4) is 0 Å². The molecule has 0 fully saturated rings. The van der Waals surface area contributed by atoms with Crippen molar-refractivity contribution in [2.24, 2.45) is 5.73 Å². The van der Waals surface area contributed by atoms with Crippen LogP contribution in [0.1, 0.15) is 57.4 Å². The van der Waals surface area contributed by atoms with Crippen molar-refractivity contribution in [3.05, 3.63) is 42.1 Å². The first-order chi connectivity index (χ1) is 10.3. The van der Waals surface area contributed by atoms with E-state index in [1.165, 1.54) is 49.5 Å². The topological polar surface area (TPSA) is 38.9 Å². The molecule has 114 valence electrons. The molecule has 0 spiro atoms.